The second-order valence-corrected chi connectivity index (χ2v) is 5.72. The number of alkyl halides is 1. The summed E-state index contributed by atoms with van der Waals surface area (Å²) >= 11 is 3.41. The summed E-state index contributed by atoms with van der Waals surface area (Å²) in [4.78, 5) is 11.4. The number of rotatable bonds is 4. The minimum atomic E-state index is -0.459. The highest BCUT2D eigenvalue weighted by molar-refractivity contribution is 9.08. The Morgan fingerprint density at radius 1 is 1.32 bits per heavy atom. The van der Waals surface area contributed by atoms with E-state index in [1.807, 2.05) is 45.1 Å². The van der Waals surface area contributed by atoms with Crippen LogP contribution in [-0.4, -0.2) is 18.2 Å². The molecule has 3 nitrogen and oxygen atoms in total. The molecule has 1 rings (SSSR count). The van der Waals surface area contributed by atoms with Gasteiger partial charge in [0.1, 0.15) is 5.60 Å². The molecule has 1 N–H and O–H groups in total. The van der Waals surface area contributed by atoms with Crippen LogP contribution in [0.3, 0.4) is 0 Å². The number of carbonyl (C=O) groups is 1. The van der Waals surface area contributed by atoms with E-state index in [2.05, 4.69) is 33.4 Å². The molecule has 0 heterocycles. The predicted octanol–water partition coefficient (Wildman–Crippen LogP) is 4.12. The Morgan fingerprint density at radius 2 is 1.95 bits per heavy atom. The van der Waals surface area contributed by atoms with Crippen LogP contribution in [0, 0.1) is 0 Å². The molecule has 0 saturated heterocycles. The summed E-state index contributed by atoms with van der Waals surface area (Å²) in [5.74, 6) is 0. The van der Waals surface area contributed by atoms with Gasteiger partial charge in [-0.3, -0.25) is 0 Å². The fraction of sp³-hybridized carbons (Fsp3) is 0.400. The van der Waals surface area contributed by atoms with Gasteiger partial charge in [0.2, 0.25) is 0 Å². The van der Waals surface area contributed by atoms with Gasteiger partial charge in [-0.2, -0.15) is 0 Å². The van der Waals surface area contributed by atoms with E-state index in [9.17, 15) is 4.79 Å². The maximum absolute atomic E-state index is 11.4. The number of nitrogens with one attached hydrogen (secondary N) is 1. The predicted molar refractivity (Wildman–Crippen MR) is 82.3 cm³/mol. The highest BCUT2D eigenvalue weighted by Gasteiger charge is 2.14. The zero-order chi connectivity index (χ0) is 14.3. The molecule has 0 aliphatic heterocycles. The van der Waals surface area contributed by atoms with Crippen molar-refractivity contribution < 1.29 is 9.53 Å². The molecular formula is C15H20BrNO2. The van der Waals surface area contributed by atoms with Gasteiger partial charge in [0, 0.05) is 11.9 Å². The van der Waals surface area contributed by atoms with Crippen molar-refractivity contribution in [2.24, 2.45) is 0 Å². The molecule has 0 aliphatic rings. The Kier molecular flexibility index (Phi) is 6.09. The van der Waals surface area contributed by atoms with E-state index in [4.69, 9.17) is 4.74 Å². The first-order valence-corrected chi connectivity index (χ1v) is 7.31. The molecule has 0 unspecified atom stereocenters. The van der Waals surface area contributed by atoms with Gasteiger partial charge < -0.3 is 10.1 Å². The molecule has 104 valence electrons. The lowest BCUT2D eigenvalue weighted by atomic mass is 10.1. The van der Waals surface area contributed by atoms with Crippen LogP contribution < -0.4 is 5.32 Å². The molecule has 1 aromatic carbocycles. The lowest BCUT2D eigenvalue weighted by Gasteiger charge is -2.19. The average Bonchev–Trinajstić information content (AvgIpc) is 2.33. The van der Waals surface area contributed by atoms with Crippen molar-refractivity contribution in [3.8, 4) is 0 Å². The van der Waals surface area contributed by atoms with Crippen LogP contribution in [-0.2, 0) is 10.1 Å². The lowest BCUT2D eigenvalue weighted by molar-refractivity contribution is 0.0534. The third-order valence-electron chi connectivity index (χ3n) is 2.21. The van der Waals surface area contributed by atoms with E-state index in [0.29, 0.717) is 6.54 Å². The van der Waals surface area contributed by atoms with Crippen LogP contribution in [0.4, 0.5) is 4.79 Å². The summed E-state index contributed by atoms with van der Waals surface area (Å²) in [6.45, 7) is 5.98. The molecule has 1 amide bonds. The summed E-state index contributed by atoms with van der Waals surface area (Å²) in [6.07, 6.45) is 3.47. The van der Waals surface area contributed by atoms with E-state index in [1.165, 1.54) is 5.56 Å². The normalized spacial score (nSPS) is 11.6. The van der Waals surface area contributed by atoms with Crippen molar-refractivity contribution >= 4 is 28.1 Å². The number of ether oxygens (including phenoxy) is 1. The lowest BCUT2D eigenvalue weighted by Crippen LogP contribution is -2.32. The summed E-state index contributed by atoms with van der Waals surface area (Å²) in [5.41, 5.74) is 1.89. The van der Waals surface area contributed by atoms with Crippen molar-refractivity contribution in [2.75, 3.05) is 6.54 Å². The van der Waals surface area contributed by atoms with Gasteiger partial charge in [0.15, 0.2) is 0 Å². The van der Waals surface area contributed by atoms with Gasteiger partial charge in [-0.05, 0) is 31.9 Å². The number of benzene rings is 1. The number of halogens is 1. The van der Waals surface area contributed by atoms with Crippen LogP contribution in [0.2, 0.25) is 0 Å². The topological polar surface area (TPSA) is 38.3 Å². The van der Waals surface area contributed by atoms with Gasteiger partial charge in [0.05, 0.1) is 0 Å². The smallest absolute Gasteiger partial charge is 0.407 e. The number of alkyl carbamates (subject to hydrolysis) is 1. The highest BCUT2D eigenvalue weighted by Crippen LogP contribution is 2.09. The SMILES string of the molecule is CC(C)(C)OC(=O)NCC=Cc1ccc(CBr)cc1. The zero-order valence-electron chi connectivity index (χ0n) is 11.6. The summed E-state index contributed by atoms with van der Waals surface area (Å²) in [5, 5.41) is 3.53. The van der Waals surface area contributed by atoms with Gasteiger partial charge in [-0.25, -0.2) is 4.79 Å². The van der Waals surface area contributed by atoms with Gasteiger partial charge in [-0.15, -0.1) is 0 Å². The minimum Gasteiger partial charge on any atom is -0.444 e. The van der Waals surface area contributed by atoms with Crippen molar-refractivity contribution in [3.05, 3.63) is 41.5 Å². The molecule has 0 aliphatic carbocycles. The third-order valence-corrected chi connectivity index (χ3v) is 2.85. The number of hydrogen-bond donors (Lipinski definition) is 1. The Morgan fingerprint density at radius 3 is 2.47 bits per heavy atom. The standard InChI is InChI=1S/C15H20BrNO2/c1-15(2,3)19-14(18)17-10-4-5-12-6-8-13(11-16)9-7-12/h4-9H,10-11H2,1-3H3,(H,17,18). The van der Waals surface area contributed by atoms with E-state index >= 15 is 0 Å². The number of carbonyl (C=O) groups excluding carboxylic acids is 1. The zero-order valence-corrected chi connectivity index (χ0v) is 13.2. The van der Waals surface area contributed by atoms with E-state index in [-0.39, 0.29) is 0 Å². The Hall–Kier alpha value is -1.29. The van der Waals surface area contributed by atoms with E-state index in [1.54, 1.807) is 0 Å². The molecule has 0 aromatic heterocycles. The molecule has 0 radical (unpaired) electrons. The first kappa shape index (κ1) is 15.8. The summed E-state index contributed by atoms with van der Waals surface area (Å²) in [7, 11) is 0. The molecule has 0 spiro atoms. The fourth-order valence-electron chi connectivity index (χ4n) is 1.37. The first-order chi connectivity index (χ1) is 8.90. The number of hydrogen-bond acceptors (Lipinski definition) is 2. The number of amides is 1. The molecule has 0 bridgehead atoms. The maximum atomic E-state index is 11.4. The molecule has 4 heteroatoms. The molecule has 0 saturated carbocycles. The summed E-state index contributed by atoms with van der Waals surface area (Å²) in [6, 6.07) is 8.21. The average molecular weight is 326 g/mol. The monoisotopic (exact) mass is 325 g/mol. The van der Waals surface area contributed by atoms with Crippen LogP contribution in [0.25, 0.3) is 6.08 Å². The second kappa shape index (κ2) is 7.34. The fourth-order valence-corrected chi connectivity index (χ4v) is 1.74. The molecule has 0 fully saturated rings. The first-order valence-electron chi connectivity index (χ1n) is 6.19. The molecule has 19 heavy (non-hydrogen) atoms. The Balaban J connectivity index is 2.35. The Bertz CT molecular complexity index is 432. The molecular weight excluding hydrogens is 306 g/mol. The van der Waals surface area contributed by atoms with Crippen molar-refractivity contribution in [1.82, 2.24) is 5.32 Å². The van der Waals surface area contributed by atoms with Crippen LogP contribution in [0.15, 0.2) is 30.3 Å². The van der Waals surface area contributed by atoms with Gasteiger partial charge in [0.25, 0.3) is 0 Å². The highest BCUT2D eigenvalue weighted by atomic mass is 79.9. The van der Waals surface area contributed by atoms with Crippen molar-refractivity contribution in [1.29, 1.82) is 0 Å². The Labute approximate surface area is 123 Å². The maximum Gasteiger partial charge on any atom is 0.407 e. The third kappa shape index (κ3) is 7.01. The molecule has 1 aromatic rings. The van der Waals surface area contributed by atoms with E-state index in [0.717, 1.165) is 10.9 Å². The van der Waals surface area contributed by atoms with Crippen molar-refractivity contribution in [3.63, 3.8) is 0 Å². The summed E-state index contributed by atoms with van der Waals surface area (Å²) < 4.78 is 5.13. The molecule has 0 atom stereocenters. The van der Waals surface area contributed by atoms with Crippen LogP contribution in [0.1, 0.15) is 31.9 Å². The quantitative estimate of drug-likeness (QED) is 0.845. The van der Waals surface area contributed by atoms with Crippen LogP contribution >= 0.6 is 15.9 Å². The largest absolute Gasteiger partial charge is 0.444 e. The van der Waals surface area contributed by atoms with E-state index < -0.39 is 11.7 Å². The van der Waals surface area contributed by atoms with Crippen LogP contribution in [0.5, 0.6) is 0 Å². The minimum absolute atomic E-state index is 0.396. The van der Waals surface area contributed by atoms with Gasteiger partial charge in [-0.1, -0.05) is 52.3 Å². The van der Waals surface area contributed by atoms with Crippen molar-refractivity contribution in [2.45, 2.75) is 31.7 Å². The second-order valence-electron chi connectivity index (χ2n) is 5.16. The van der Waals surface area contributed by atoms with Gasteiger partial charge >= 0.3 is 6.09 Å².